The SMILES string of the molecule is CCOC(=O)CCNCc1cc(C(=O)O)no1. The number of carbonyl (C=O) groups is 2. The molecule has 94 valence electrons. The highest BCUT2D eigenvalue weighted by Gasteiger charge is 2.10. The summed E-state index contributed by atoms with van der Waals surface area (Å²) in [6.45, 7) is 2.86. The normalized spacial score (nSPS) is 10.2. The lowest BCUT2D eigenvalue weighted by atomic mass is 10.3. The quantitative estimate of drug-likeness (QED) is 0.527. The lowest BCUT2D eigenvalue weighted by Crippen LogP contribution is -2.18. The van der Waals surface area contributed by atoms with Crippen LogP contribution in [-0.2, 0) is 16.1 Å². The molecule has 0 atom stereocenters. The summed E-state index contributed by atoms with van der Waals surface area (Å²) in [6.07, 6.45) is 0.258. The van der Waals surface area contributed by atoms with Crippen molar-refractivity contribution < 1.29 is 24.0 Å². The fourth-order valence-corrected chi connectivity index (χ4v) is 1.13. The zero-order valence-electron chi connectivity index (χ0n) is 9.43. The van der Waals surface area contributed by atoms with E-state index in [4.69, 9.17) is 14.4 Å². The van der Waals surface area contributed by atoms with Crippen LogP contribution >= 0.6 is 0 Å². The molecule has 7 nitrogen and oxygen atoms in total. The number of aromatic nitrogens is 1. The van der Waals surface area contributed by atoms with E-state index in [1.807, 2.05) is 0 Å². The van der Waals surface area contributed by atoms with Crippen molar-refractivity contribution in [2.24, 2.45) is 0 Å². The number of carboxylic acids is 1. The molecular weight excluding hydrogens is 228 g/mol. The molecule has 0 fully saturated rings. The molecule has 0 saturated heterocycles. The molecule has 0 bridgehead atoms. The van der Waals surface area contributed by atoms with Crippen molar-refractivity contribution in [2.75, 3.05) is 13.2 Å². The molecule has 7 heteroatoms. The summed E-state index contributed by atoms with van der Waals surface area (Å²) in [5, 5.41) is 14.9. The molecule has 0 spiro atoms. The molecule has 0 aromatic carbocycles. The van der Waals surface area contributed by atoms with Crippen molar-refractivity contribution in [1.82, 2.24) is 10.5 Å². The summed E-state index contributed by atoms with van der Waals surface area (Å²) in [6, 6.07) is 1.33. The van der Waals surface area contributed by atoms with Crippen LogP contribution in [-0.4, -0.2) is 35.4 Å². The Balaban J connectivity index is 2.22. The van der Waals surface area contributed by atoms with Crippen molar-refractivity contribution in [3.8, 4) is 0 Å². The highest BCUT2D eigenvalue weighted by Crippen LogP contribution is 2.02. The fourth-order valence-electron chi connectivity index (χ4n) is 1.13. The minimum absolute atomic E-state index is 0.132. The van der Waals surface area contributed by atoms with Gasteiger partial charge in [0.05, 0.1) is 19.6 Å². The number of ether oxygens (including phenoxy) is 1. The van der Waals surface area contributed by atoms with Crippen molar-refractivity contribution in [3.63, 3.8) is 0 Å². The first kappa shape index (κ1) is 13.2. The topological polar surface area (TPSA) is 102 Å². The number of nitrogens with zero attached hydrogens (tertiary/aromatic N) is 1. The Labute approximate surface area is 97.7 Å². The average molecular weight is 242 g/mol. The summed E-state index contributed by atoms with van der Waals surface area (Å²) in [5.74, 6) is -0.999. The number of hydrogen-bond acceptors (Lipinski definition) is 6. The molecule has 2 N–H and O–H groups in total. The second-order valence-electron chi connectivity index (χ2n) is 3.22. The van der Waals surface area contributed by atoms with Crippen molar-refractivity contribution in [2.45, 2.75) is 19.9 Å². The van der Waals surface area contributed by atoms with Gasteiger partial charge in [0.15, 0.2) is 11.5 Å². The van der Waals surface area contributed by atoms with Crippen molar-refractivity contribution in [1.29, 1.82) is 0 Å². The average Bonchev–Trinajstić information content (AvgIpc) is 2.73. The van der Waals surface area contributed by atoms with Crippen LogP contribution in [0.3, 0.4) is 0 Å². The van der Waals surface area contributed by atoms with Crippen molar-refractivity contribution >= 4 is 11.9 Å². The number of nitrogens with one attached hydrogen (secondary N) is 1. The molecule has 1 aromatic rings. The highest BCUT2D eigenvalue weighted by atomic mass is 16.5. The lowest BCUT2D eigenvalue weighted by Gasteiger charge is -2.02. The molecule has 0 unspecified atom stereocenters. The van der Waals surface area contributed by atoms with Gasteiger partial charge in [0, 0.05) is 12.6 Å². The maximum Gasteiger partial charge on any atom is 0.358 e. The Morgan fingerprint density at radius 3 is 2.94 bits per heavy atom. The molecule has 0 amide bonds. The van der Waals surface area contributed by atoms with Gasteiger partial charge in [0.2, 0.25) is 0 Å². The second kappa shape index (κ2) is 6.64. The number of carboxylic acid groups (broad SMARTS) is 1. The zero-order valence-corrected chi connectivity index (χ0v) is 9.43. The first-order valence-corrected chi connectivity index (χ1v) is 5.18. The van der Waals surface area contributed by atoms with Crippen LogP contribution in [0.1, 0.15) is 29.6 Å². The third-order valence-corrected chi connectivity index (χ3v) is 1.89. The number of aromatic carboxylic acids is 1. The van der Waals surface area contributed by atoms with E-state index in [2.05, 4.69) is 10.5 Å². The molecule has 0 aliphatic carbocycles. The molecule has 1 aromatic heterocycles. The van der Waals surface area contributed by atoms with E-state index in [-0.39, 0.29) is 18.1 Å². The minimum atomic E-state index is -1.13. The van der Waals surface area contributed by atoms with Gasteiger partial charge in [-0.25, -0.2) is 4.79 Å². The van der Waals surface area contributed by atoms with Crippen LogP contribution in [0.5, 0.6) is 0 Å². The van der Waals surface area contributed by atoms with Gasteiger partial charge in [-0.3, -0.25) is 4.79 Å². The van der Waals surface area contributed by atoms with Crippen LogP contribution in [0.2, 0.25) is 0 Å². The molecule has 0 aliphatic rings. The van der Waals surface area contributed by atoms with Gasteiger partial charge in [-0.2, -0.15) is 0 Å². The van der Waals surface area contributed by atoms with Gasteiger partial charge >= 0.3 is 11.9 Å². The van der Waals surface area contributed by atoms with E-state index in [1.165, 1.54) is 6.07 Å². The Kier molecular flexibility index (Phi) is 5.15. The second-order valence-corrected chi connectivity index (χ2v) is 3.22. The first-order chi connectivity index (χ1) is 8.13. The third kappa shape index (κ3) is 4.64. The van der Waals surface area contributed by atoms with E-state index < -0.39 is 5.97 Å². The summed E-state index contributed by atoms with van der Waals surface area (Å²) < 4.78 is 9.51. The largest absolute Gasteiger partial charge is 0.476 e. The minimum Gasteiger partial charge on any atom is -0.476 e. The van der Waals surface area contributed by atoms with Gasteiger partial charge < -0.3 is 19.7 Å². The first-order valence-electron chi connectivity index (χ1n) is 5.18. The van der Waals surface area contributed by atoms with E-state index in [0.717, 1.165) is 0 Å². The molecule has 0 aliphatic heterocycles. The van der Waals surface area contributed by atoms with E-state index in [0.29, 0.717) is 25.5 Å². The number of hydrogen-bond donors (Lipinski definition) is 2. The summed E-state index contributed by atoms with van der Waals surface area (Å²) in [5.41, 5.74) is -0.132. The monoisotopic (exact) mass is 242 g/mol. The van der Waals surface area contributed by atoms with Crippen LogP contribution in [0, 0.1) is 0 Å². The molecule has 17 heavy (non-hydrogen) atoms. The number of esters is 1. The van der Waals surface area contributed by atoms with E-state index >= 15 is 0 Å². The fraction of sp³-hybridized carbons (Fsp3) is 0.500. The van der Waals surface area contributed by atoms with Crippen LogP contribution in [0.25, 0.3) is 0 Å². The van der Waals surface area contributed by atoms with Crippen LogP contribution < -0.4 is 5.32 Å². The van der Waals surface area contributed by atoms with E-state index in [1.54, 1.807) is 6.92 Å². The Hall–Kier alpha value is -1.89. The summed E-state index contributed by atoms with van der Waals surface area (Å²) >= 11 is 0. The van der Waals surface area contributed by atoms with Gasteiger partial charge in [0.1, 0.15) is 0 Å². The van der Waals surface area contributed by atoms with Crippen LogP contribution in [0.15, 0.2) is 10.6 Å². The number of rotatable bonds is 7. The Morgan fingerprint density at radius 1 is 1.59 bits per heavy atom. The molecule has 1 heterocycles. The maximum atomic E-state index is 11.0. The van der Waals surface area contributed by atoms with Gasteiger partial charge in [0.25, 0.3) is 0 Å². The van der Waals surface area contributed by atoms with Crippen LogP contribution in [0.4, 0.5) is 0 Å². The van der Waals surface area contributed by atoms with E-state index in [9.17, 15) is 9.59 Å². The molecular formula is C10H14N2O5. The predicted octanol–water partition coefficient (Wildman–Crippen LogP) is 0.416. The lowest BCUT2D eigenvalue weighted by molar-refractivity contribution is -0.142. The maximum absolute atomic E-state index is 11.0. The predicted molar refractivity (Wildman–Crippen MR) is 56.4 cm³/mol. The smallest absolute Gasteiger partial charge is 0.358 e. The van der Waals surface area contributed by atoms with Gasteiger partial charge in [-0.05, 0) is 6.92 Å². The zero-order chi connectivity index (χ0) is 12.7. The molecule has 1 rings (SSSR count). The standard InChI is InChI=1S/C10H14N2O5/c1-2-16-9(13)3-4-11-6-7-5-8(10(14)15)12-17-7/h5,11H,2-4,6H2,1H3,(H,14,15). The van der Waals surface area contributed by atoms with Gasteiger partial charge in [-0.15, -0.1) is 0 Å². The van der Waals surface area contributed by atoms with Crippen molar-refractivity contribution in [3.05, 3.63) is 17.5 Å². The Bertz CT molecular complexity index is 388. The molecule has 0 radical (unpaired) electrons. The third-order valence-electron chi connectivity index (χ3n) is 1.89. The van der Waals surface area contributed by atoms with Gasteiger partial charge in [-0.1, -0.05) is 5.16 Å². The number of carbonyl (C=O) groups excluding carboxylic acids is 1. The highest BCUT2D eigenvalue weighted by molar-refractivity contribution is 5.85. The Morgan fingerprint density at radius 2 is 2.35 bits per heavy atom. The summed E-state index contributed by atoms with van der Waals surface area (Å²) in [4.78, 5) is 21.5. The summed E-state index contributed by atoms with van der Waals surface area (Å²) in [7, 11) is 0. The molecule has 0 saturated carbocycles.